The van der Waals surface area contributed by atoms with Crippen LogP contribution in [0.2, 0.25) is 0 Å². The fourth-order valence-corrected chi connectivity index (χ4v) is 4.75. The minimum Gasteiger partial charge on any atom is -0.298 e. The number of aromatic nitrogens is 1. The van der Waals surface area contributed by atoms with E-state index in [2.05, 4.69) is 10.3 Å². The molecule has 1 aliphatic rings. The molecule has 3 nitrogen and oxygen atoms in total. The number of hydrogen-bond acceptors (Lipinski definition) is 4. The quantitative estimate of drug-likeness (QED) is 0.609. The second-order valence-corrected chi connectivity index (χ2v) is 7.71. The largest absolute Gasteiger partial charge is 0.416 e. The summed E-state index contributed by atoms with van der Waals surface area (Å²) >= 11 is 3.04. The zero-order chi connectivity index (χ0) is 18.3. The summed E-state index contributed by atoms with van der Waals surface area (Å²) in [6.07, 6.45) is -4.49. The fourth-order valence-electron chi connectivity index (χ4n) is 2.65. The molecule has 0 atom stereocenters. The summed E-state index contributed by atoms with van der Waals surface area (Å²) in [5, 5.41) is 3.00. The number of amides is 1. The molecule has 26 heavy (non-hydrogen) atoms. The average Bonchev–Trinajstić information content (AvgIpc) is 3.04. The van der Waals surface area contributed by atoms with Crippen molar-refractivity contribution < 1.29 is 18.0 Å². The number of fused-ring (bicyclic) bond motifs is 3. The molecule has 132 valence electrons. The maximum atomic E-state index is 12.8. The van der Waals surface area contributed by atoms with Gasteiger partial charge < -0.3 is 0 Å². The Bertz CT molecular complexity index is 998. The highest BCUT2D eigenvalue weighted by atomic mass is 32.2. The van der Waals surface area contributed by atoms with E-state index in [-0.39, 0.29) is 5.56 Å². The van der Waals surface area contributed by atoms with Crippen LogP contribution in [0.25, 0.3) is 11.3 Å². The van der Waals surface area contributed by atoms with Crippen molar-refractivity contribution in [2.75, 3.05) is 5.32 Å². The van der Waals surface area contributed by atoms with Crippen LogP contribution in [0.5, 0.6) is 0 Å². The van der Waals surface area contributed by atoms with Crippen molar-refractivity contribution in [1.82, 2.24) is 4.98 Å². The van der Waals surface area contributed by atoms with Crippen molar-refractivity contribution in [3.05, 3.63) is 64.5 Å². The molecule has 0 unspecified atom stereocenters. The first-order valence-corrected chi connectivity index (χ1v) is 9.42. The number of thioether (sulfide) groups is 1. The molecule has 0 radical (unpaired) electrons. The third-order valence-corrected chi connectivity index (χ3v) is 6.12. The van der Waals surface area contributed by atoms with Gasteiger partial charge in [0.25, 0.3) is 5.91 Å². The van der Waals surface area contributed by atoms with Crippen LogP contribution in [0, 0.1) is 0 Å². The van der Waals surface area contributed by atoms with Gasteiger partial charge in [-0.3, -0.25) is 10.1 Å². The molecular weight excluding hydrogens is 381 g/mol. The topological polar surface area (TPSA) is 42.0 Å². The summed E-state index contributed by atoms with van der Waals surface area (Å²) in [6.45, 7) is 0. The molecule has 4 rings (SSSR count). The lowest BCUT2D eigenvalue weighted by Crippen LogP contribution is -2.13. The van der Waals surface area contributed by atoms with Crippen molar-refractivity contribution >= 4 is 34.1 Å². The van der Waals surface area contributed by atoms with Gasteiger partial charge in [-0.1, -0.05) is 24.3 Å². The predicted octanol–water partition coefficient (Wildman–Crippen LogP) is 5.69. The zero-order valence-electron chi connectivity index (χ0n) is 13.1. The summed E-state index contributed by atoms with van der Waals surface area (Å²) in [6, 6.07) is 12.2. The maximum absolute atomic E-state index is 12.8. The molecule has 1 aliphatic heterocycles. The Morgan fingerprint density at radius 1 is 1.12 bits per heavy atom. The number of nitrogens with one attached hydrogen (secondary N) is 1. The van der Waals surface area contributed by atoms with E-state index in [4.69, 9.17) is 0 Å². The number of carbonyl (C=O) groups is 1. The molecule has 2 aromatic carbocycles. The summed E-state index contributed by atoms with van der Waals surface area (Å²) in [5.41, 5.74) is 0.926. The Balaban J connectivity index is 1.60. The second-order valence-electron chi connectivity index (χ2n) is 5.61. The zero-order valence-corrected chi connectivity index (χ0v) is 14.8. The minimum atomic E-state index is -4.49. The standard InChI is InChI=1S/C18H11F3N2OS2/c19-18(20,21)11-5-3-4-10(8-11)16(24)23-17-22-15-12-6-1-2-7-13(12)25-9-14(15)26-17/h1-8H,9H2,(H,22,23,24). The van der Waals surface area contributed by atoms with Crippen molar-refractivity contribution in [2.45, 2.75) is 16.8 Å². The van der Waals surface area contributed by atoms with E-state index >= 15 is 0 Å². The fraction of sp³-hybridized carbons (Fsp3) is 0.111. The molecule has 0 saturated heterocycles. The van der Waals surface area contributed by atoms with Gasteiger partial charge in [-0.2, -0.15) is 13.2 Å². The molecule has 2 heterocycles. The van der Waals surface area contributed by atoms with E-state index in [0.717, 1.165) is 38.9 Å². The maximum Gasteiger partial charge on any atom is 0.416 e. The lowest BCUT2D eigenvalue weighted by Gasteiger charge is -2.13. The van der Waals surface area contributed by atoms with Crippen LogP contribution in [0.3, 0.4) is 0 Å². The van der Waals surface area contributed by atoms with Gasteiger partial charge in [0.05, 0.1) is 11.3 Å². The lowest BCUT2D eigenvalue weighted by molar-refractivity contribution is -0.137. The molecule has 1 N–H and O–H groups in total. The molecule has 0 spiro atoms. The molecule has 0 fully saturated rings. The van der Waals surface area contributed by atoms with E-state index in [1.165, 1.54) is 23.5 Å². The normalized spacial score (nSPS) is 13.0. The molecular formula is C18H11F3N2OS2. The van der Waals surface area contributed by atoms with Crippen molar-refractivity contribution in [1.29, 1.82) is 0 Å². The first-order valence-electron chi connectivity index (χ1n) is 7.62. The molecule has 1 aromatic heterocycles. The smallest absolute Gasteiger partial charge is 0.298 e. The van der Waals surface area contributed by atoms with Crippen LogP contribution in [-0.4, -0.2) is 10.9 Å². The minimum absolute atomic E-state index is 0.0530. The number of benzene rings is 2. The molecule has 3 aromatic rings. The van der Waals surface area contributed by atoms with Gasteiger partial charge in [-0.25, -0.2) is 4.98 Å². The van der Waals surface area contributed by atoms with Gasteiger partial charge >= 0.3 is 6.18 Å². The highest BCUT2D eigenvalue weighted by Crippen LogP contribution is 2.44. The van der Waals surface area contributed by atoms with Gasteiger partial charge in [-0.15, -0.1) is 23.1 Å². The highest BCUT2D eigenvalue weighted by Gasteiger charge is 2.31. The van der Waals surface area contributed by atoms with Crippen LogP contribution < -0.4 is 5.32 Å². The molecule has 1 amide bonds. The van der Waals surface area contributed by atoms with Crippen LogP contribution in [0.15, 0.2) is 53.4 Å². The van der Waals surface area contributed by atoms with Crippen LogP contribution >= 0.6 is 23.1 Å². The SMILES string of the molecule is O=C(Nc1nc2c(s1)CSc1ccccc1-2)c1cccc(C(F)(F)F)c1. The number of nitrogens with zero attached hydrogens (tertiary/aromatic N) is 1. The Labute approximate surface area is 155 Å². The number of halogens is 3. The summed E-state index contributed by atoms with van der Waals surface area (Å²) < 4.78 is 38.4. The van der Waals surface area contributed by atoms with E-state index in [9.17, 15) is 18.0 Å². The number of thiazole rings is 1. The second kappa shape index (κ2) is 6.44. The number of alkyl halides is 3. The van der Waals surface area contributed by atoms with E-state index in [1.54, 1.807) is 11.8 Å². The third kappa shape index (κ3) is 3.22. The van der Waals surface area contributed by atoms with Gasteiger partial charge in [0.15, 0.2) is 5.13 Å². The molecule has 0 aliphatic carbocycles. The highest BCUT2D eigenvalue weighted by molar-refractivity contribution is 7.98. The van der Waals surface area contributed by atoms with Crippen LogP contribution in [-0.2, 0) is 11.9 Å². The third-order valence-electron chi connectivity index (χ3n) is 3.87. The Morgan fingerprint density at radius 3 is 2.73 bits per heavy atom. The monoisotopic (exact) mass is 392 g/mol. The lowest BCUT2D eigenvalue weighted by atomic mass is 10.1. The van der Waals surface area contributed by atoms with E-state index < -0.39 is 17.6 Å². The van der Waals surface area contributed by atoms with E-state index in [1.807, 2.05) is 24.3 Å². The van der Waals surface area contributed by atoms with Crippen LogP contribution in [0.4, 0.5) is 18.3 Å². The molecule has 0 bridgehead atoms. The first kappa shape index (κ1) is 17.1. The Morgan fingerprint density at radius 2 is 1.92 bits per heavy atom. The number of hydrogen-bond donors (Lipinski definition) is 1. The van der Waals surface area contributed by atoms with Gasteiger partial charge in [0.1, 0.15) is 0 Å². The van der Waals surface area contributed by atoms with E-state index in [0.29, 0.717) is 5.13 Å². The summed E-state index contributed by atoms with van der Waals surface area (Å²) in [4.78, 5) is 19.0. The molecule has 8 heteroatoms. The van der Waals surface area contributed by atoms with Gasteiger partial charge in [0, 0.05) is 26.7 Å². The predicted molar refractivity (Wildman–Crippen MR) is 96.5 cm³/mol. The van der Waals surface area contributed by atoms with Crippen LogP contribution in [0.1, 0.15) is 20.8 Å². The Kier molecular flexibility index (Phi) is 4.24. The van der Waals surface area contributed by atoms with Crippen molar-refractivity contribution in [2.24, 2.45) is 0 Å². The Hall–Kier alpha value is -2.32. The van der Waals surface area contributed by atoms with Gasteiger partial charge in [0.2, 0.25) is 0 Å². The number of carbonyl (C=O) groups excluding carboxylic acids is 1. The summed E-state index contributed by atoms with van der Waals surface area (Å²) in [7, 11) is 0. The first-order chi connectivity index (χ1) is 12.4. The van der Waals surface area contributed by atoms with Gasteiger partial charge in [-0.05, 0) is 24.3 Å². The van der Waals surface area contributed by atoms with Crippen molar-refractivity contribution in [3.63, 3.8) is 0 Å². The molecule has 0 saturated carbocycles. The summed E-state index contributed by atoms with van der Waals surface area (Å²) in [5.74, 6) is 0.145. The average molecular weight is 392 g/mol. The van der Waals surface area contributed by atoms with Crippen molar-refractivity contribution in [3.8, 4) is 11.3 Å². The number of anilines is 1. The number of rotatable bonds is 2.